The number of pyridine rings is 1. The van der Waals surface area contributed by atoms with Crippen LogP contribution in [0.2, 0.25) is 0 Å². The molecule has 0 spiro atoms. The molecule has 0 aliphatic heterocycles. The molecule has 4 rings (SSSR count). The Hall–Kier alpha value is -3.85. The third kappa shape index (κ3) is 4.76. The van der Waals surface area contributed by atoms with Gasteiger partial charge in [0.15, 0.2) is 0 Å². The van der Waals surface area contributed by atoms with E-state index in [1.807, 2.05) is 41.8 Å². The number of carbonyl (C=O) groups excluding carboxylic acids is 1. The van der Waals surface area contributed by atoms with E-state index in [1.54, 1.807) is 18.5 Å². The molecule has 0 fully saturated rings. The van der Waals surface area contributed by atoms with Crippen molar-refractivity contribution in [3.8, 4) is 0 Å². The van der Waals surface area contributed by atoms with E-state index in [0.717, 1.165) is 23.2 Å². The number of anilines is 1. The number of nitrogens with zero attached hydrogens (tertiary/aromatic N) is 4. The summed E-state index contributed by atoms with van der Waals surface area (Å²) in [6.07, 6.45) is 6.92. The van der Waals surface area contributed by atoms with Gasteiger partial charge in [-0.1, -0.05) is 12.1 Å². The normalized spacial score (nSPS) is 10.7. The summed E-state index contributed by atoms with van der Waals surface area (Å²) in [6.45, 7) is 0.362. The summed E-state index contributed by atoms with van der Waals surface area (Å²) in [5.41, 5.74) is 3.84. The van der Waals surface area contributed by atoms with Crippen LogP contribution in [0, 0.1) is 10.1 Å². The number of aromatic nitrogens is 3. The van der Waals surface area contributed by atoms with Crippen molar-refractivity contribution in [1.82, 2.24) is 14.8 Å². The molecule has 0 aliphatic carbocycles. The number of hydrogen-bond acceptors (Lipinski definition) is 6. The molecule has 4 aromatic rings. The lowest BCUT2D eigenvalue weighted by Gasteiger charge is -2.06. The first kappa shape index (κ1) is 19.5. The van der Waals surface area contributed by atoms with Crippen LogP contribution in [0.25, 0.3) is 0 Å². The molecule has 0 aliphatic rings. The highest BCUT2D eigenvalue weighted by molar-refractivity contribution is 7.12. The SMILES string of the molecule is O=C(Nc1ccc(Cc2ccncc2)cc1)c1cc(Cn2cc([N+](=O)[O-])cn2)cs1. The summed E-state index contributed by atoms with van der Waals surface area (Å²) >= 11 is 1.32. The average Bonchev–Trinajstić information content (AvgIpc) is 3.41. The van der Waals surface area contributed by atoms with E-state index in [9.17, 15) is 14.9 Å². The highest BCUT2D eigenvalue weighted by atomic mass is 32.1. The molecular weight excluding hydrogens is 402 g/mol. The molecule has 9 heteroatoms. The van der Waals surface area contributed by atoms with E-state index in [4.69, 9.17) is 0 Å². The van der Waals surface area contributed by atoms with E-state index in [-0.39, 0.29) is 11.6 Å². The maximum absolute atomic E-state index is 12.5. The van der Waals surface area contributed by atoms with Crippen molar-refractivity contribution in [2.24, 2.45) is 0 Å². The van der Waals surface area contributed by atoms with Crippen molar-refractivity contribution in [1.29, 1.82) is 0 Å². The average molecular weight is 419 g/mol. The molecule has 30 heavy (non-hydrogen) atoms. The smallest absolute Gasteiger partial charge is 0.307 e. The molecule has 8 nitrogen and oxygen atoms in total. The topological polar surface area (TPSA) is 103 Å². The molecule has 0 saturated carbocycles. The minimum Gasteiger partial charge on any atom is -0.321 e. The van der Waals surface area contributed by atoms with E-state index in [2.05, 4.69) is 15.4 Å². The first-order valence-electron chi connectivity index (χ1n) is 9.10. The third-order valence-electron chi connectivity index (χ3n) is 4.42. The van der Waals surface area contributed by atoms with Crippen LogP contribution in [0.4, 0.5) is 11.4 Å². The van der Waals surface area contributed by atoms with Crippen LogP contribution in [0.3, 0.4) is 0 Å². The number of carbonyl (C=O) groups is 1. The zero-order chi connectivity index (χ0) is 20.9. The predicted molar refractivity (Wildman–Crippen MR) is 114 cm³/mol. The Morgan fingerprint density at radius 3 is 2.53 bits per heavy atom. The molecule has 3 aromatic heterocycles. The minimum atomic E-state index is -0.488. The second kappa shape index (κ2) is 8.66. The molecule has 0 saturated heterocycles. The molecular formula is C21H17N5O3S. The molecule has 0 radical (unpaired) electrons. The molecule has 1 N–H and O–H groups in total. The fourth-order valence-electron chi connectivity index (χ4n) is 2.93. The molecule has 1 amide bonds. The van der Waals surface area contributed by atoms with Crippen molar-refractivity contribution in [2.45, 2.75) is 13.0 Å². The van der Waals surface area contributed by atoms with Crippen molar-refractivity contribution in [3.63, 3.8) is 0 Å². The van der Waals surface area contributed by atoms with Crippen molar-refractivity contribution < 1.29 is 9.72 Å². The van der Waals surface area contributed by atoms with E-state index < -0.39 is 4.92 Å². The molecule has 150 valence electrons. The Balaban J connectivity index is 1.36. The van der Waals surface area contributed by atoms with Crippen LogP contribution in [0.5, 0.6) is 0 Å². The zero-order valence-corrected chi connectivity index (χ0v) is 16.6. The fraction of sp³-hybridized carbons (Fsp3) is 0.0952. The largest absolute Gasteiger partial charge is 0.321 e. The minimum absolute atomic E-state index is 0.0597. The number of thiophene rings is 1. The van der Waals surface area contributed by atoms with Crippen LogP contribution < -0.4 is 5.32 Å². The van der Waals surface area contributed by atoms with Gasteiger partial charge in [-0.05, 0) is 58.8 Å². The molecule has 1 aromatic carbocycles. The van der Waals surface area contributed by atoms with Crippen LogP contribution in [0.1, 0.15) is 26.4 Å². The number of rotatable bonds is 7. The monoisotopic (exact) mass is 419 g/mol. The highest BCUT2D eigenvalue weighted by Crippen LogP contribution is 2.19. The Kier molecular flexibility index (Phi) is 5.62. The first-order chi connectivity index (χ1) is 14.6. The van der Waals surface area contributed by atoms with E-state index >= 15 is 0 Å². The van der Waals surface area contributed by atoms with E-state index in [1.165, 1.54) is 34.0 Å². The van der Waals surface area contributed by atoms with Gasteiger partial charge in [0.25, 0.3) is 5.91 Å². The molecule has 0 unspecified atom stereocenters. The summed E-state index contributed by atoms with van der Waals surface area (Å²) < 4.78 is 1.48. The number of nitro groups is 1. The maximum atomic E-state index is 12.5. The number of benzene rings is 1. The Bertz CT molecular complexity index is 1170. The van der Waals surface area contributed by atoms with Crippen LogP contribution in [0.15, 0.2) is 72.6 Å². The predicted octanol–water partition coefficient (Wildman–Crippen LogP) is 4.14. The summed E-state index contributed by atoms with van der Waals surface area (Å²) in [5, 5.41) is 19.5. The van der Waals surface area contributed by atoms with Gasteiger partial charge in [0.1, 0.15) is 12.4 Å². The van der Waals surface area contributed by atoms with Crippen LogP contribution >= 0.6 is 11.3 Å². The first-order valence-corrected chi connectivity index (χ1v) is 9.98. The Labute approximate surface area is 176 Å². The number of hydrogen-bond donors (Lipinski definition) is 1. The summed E-state index contributed by atoms with van der Waals surface area (Å²) in [5.74, 6) is -0.195. The highest BCUT2D eigenvalue weighted by Gasteiger charge is 2.12. The quantitative estimate of drug-likeness (QED) is 0.358. The fourth-order valence-corrected chi connectivity index (χ4v) is 3.73. The summed E-state index contributed by atoms with van der Waals surface area (Å²) in [7, 11) is 0. The standard InChI is InChI=1S/C21H17N5O3S/c27-21(20-10-17(14-30-20)12-25-13-19(11-23-25)26(28)29)24-18-3-1-15(2-4-18)9-16-5-7-22-8-6-16/h1-8,10-11,13-14H,9,12H2,(H,24,27). The summed E-state index contributed by atoms with van der Waals surface area (Å²) in [6, 6.07) is 13.5. The van der Waals surface area contributed by atoms with Gasteiger partial charge in [0.05, 0.1) is 16.3 Å². The lowest BCUT2D eigenvalue weighted by Crippen LogP contribution is -2.10. The van der Waals surface area contributed by atoms with Gasteiger partial charge >= 0.3 is 5.69 Å². The summed E-state index contributed by atoms with van der Waals surface area (Å²) in [4.78, 5) is 27.4. The van der Waals surface area contributed by atoms with Gasteiger partial charge in [-0.25, -0.2) is 0 Å². The van der Waals surface area contributed by atoms with Gasteiger partial charge in [0, 0.05) is 18.1 Å². The van der Waals surface area contributed by atoms with Gasteiger partial charge in [-0.15, -0.1) is 11.3 Å². The molecule has 0 bridgehead atoms. The van der Waals surface area contributed by atoms with Crippen molar-refractivity contribution >= 4 is 28.6 Å². The third-order valence-corrected chi connectivity index (χ3v) is 5.40. The lowest BCUT2D eigenvalue weighted by atomic mass is 10.1. The van der Waals surface area contributed by atoms with Gasteiger partial charge in [0.2, 0.25) is 0 Å². The second-order valence-electron chi connectivity index (χ2n) is 6.66. The van der Waals surface area contributed by atoms with Crippen molar-refractivity contribution in [2.75, 3.05) is 5.32 Å². The number of amides is 1. The van der Waals surface area contributed by atoms with Crippen molar-refractivity contribution in [3.05, 3.63) is 104 Å². The van der Waals surface area contributed by atoms with Gasteiger partial charge in [-0.2, -0.15) is 5.10 Å². The maximum Gasteiger partial charge on any atom is 0.307 e. The molecule has 0 atom stereocenters. The number of nitrogens with one attached hydrogen (secondary N) is 1. The lowest BCUT2D eigenvalue weighted by molar-refractivity contribution is -0.385. The second-order valence-corrected chi connectivity index (χ2v) is 7.57. The van der Waals surface area contributed by atoms with Crippen LogP contribution in [-0.2, 0) is 13.0 Å². The Morgan fingerprint density at radius 1 is 1.10 bits per heavy atom. The Morgan fingerprint density at radius 2 is 1.83 bits per heavy atom. The van der Waals surface area contributed by atoms with E-state index in [0.29, 0.717) is 11.4 Å². The van der Waals surface area contributed by atoms with Gasteiger partial charge < -0.3 is 5.32 Å². The van der Waals surface area contributed by atoms with Crippen LogP contribution in [-0.4, -0.2) is 25.6 Å². The molecule has 3 heterocycles. The van der Waals surface area contributed by atoms with Gasteiger partial charge in [-0.3, -0.25) is 24.6 Å². The zero-order valence-electron chi connectivity index (χ0n) is 15.8.